The zero-order chi connectivity index (χ0) is 15.5. The number of hydrogen-bond acceptors (Lipinski definition) is 1. The average molecular weight is 296 g/mol. The molecule has 0 fully saturated rings. The van der Waals surface area contributed by atoms with E-state index in [1.54, 1.807) is 19.2 Å². The molecule has 2 N–H and O–H groups in total. The largest absolute Gasteiger partial charge is 0.359 e. The Labute approximate surface area is 128 Å². The van der Waals surface area contributed by atoms with Crippen LogP contribution in [0.2, 0.25) is 0 Å². The number of aromatic amines is 1. The third-order valence-electron chi connectivity index (χ3n) is 3.83. The van der Waals surface area contributed by atoms with Gasteiger partial charge < -0.3 is 10.3 Å². The van der Waals surface area contributed by atoms with Crippen LogP contribution in [0.5, 0.6) is 0 Å². The van der Waals surface area contributed by atoms with Crippen LogP contribution >= 0.6 is 0 Å². The Hall–Kier alpha value is -2.62. The molecule has 1 amide bonds. The first kappa shape index (κ1) is 14.3. The number of para-hydroxylation sites is 1. The summed E-state index contributed by atoms with van der Waals surface area (Å²) in [5, 5.41) is 3.75. The molecular weight excluding hydrogens is 279 g/mol. The van der Waals surface area contributed by atoms with Crippen LogP contribution in [0, 0.1) is 5.82 Å². The van der Waals surface area contributed by atoms with Gasteiger partial charge in [0.05, 0.1) is 0 Å². The highest BCUT2D eigenvalue weighted by molar-refractivity contribution is 5.91. The van der Waals surface area contributed by atoms with Crippen LogP contribution in [0.4, 0.5) is 4.39 Å². The predicted octanol–water partition coefficient (Wildman–Crippen LogP) is 3.65. The van der Waals surface area contributed by atoms with Gasteiger partial charge in [-0.2, -0.15) is 0 Å². The fourth-order valence-electron chi connectivity index (χ4n) is 2.69. The second-order valence-corrected chi connectivity index (χ2v) is 5.20. The first-order chi connectivity index (χ1) is 10.7. The molecule has 0 aliphatic rings. The van der Waals surface area contributed by atoms with Gasteiger partial charge in [-0.1, -0.05) is 18.2 Å². The highest BCUT2D eigenvalue weighted by atomic mass is 19.1. The molecule has 0 radical (unpaired) electrons. The van der Waals surface area contributed by atoms with Gasteiger partial charge in [-0.15, -0.1) is 0 Å². The second kappa shape index (κ2) is 6.02. The molecule has 3 rings (SSSR count). The molecule has 0 saturated heterocycles. The summed E-state index contributed by atoms with van der Waals surface area (Å²) >= 11 is 0. The van der Waals surface area contributed by atoms with Crippen molar-refractivity contribution in [2.75, 3.05) is 7.05 Å². The molecule has 112 valence electrons. The third-order valence-corrected chi connectivity index (χ3v) is 3.83. The molecule has 3 aromatic rings. The van der Waals surface area contributed by atoms with Gasteiger partial charge >= 0.3 is 0 Å². The third kappa shape index (κ3) is 2.72. The van der Waals surface area contributed by atoms with Gasteiger partial charge in [0, 0.05) is 30.1 Å². The number of amides is 1. The minimum atomic E-state index is -0.258. The Balaban J connectivity index is 2.07. The van der Waals surface area contributed by atoms with Gasteiger partial charge in [0.1, 0.15) is 5.82 Å². The van der Waals surface area contributed by atoms with E-state index in [4.69, 9.17) is 0 Å². The fourth-order valence-corrected chi connectivity index (χ4v) is 2.69. The number of carbonyl (C=O) groups is 1. The van der Waals surface area contributed by atoms with Crippen molar-refractivity contribution in [3.8, 4) is 11.3 Å². The van der Waals surface area contributed by atoms with Crippen LogP contribution in [0.3, 0.4) is 0 Å². The molecule has 0 unspecified atom stereocenters. The molecule has 0 bridgehead atoms. The van der Waals surface area contributed by atoms with Crippen LogP contribution in [-0.2, 0) is 11.2 Å². The van der Waals surface area contributed by atoms with Crippen molar-refractivity contribution in [2.45, 2.75) is 12.8 Å². The number of aromatic nitrogens is 1. The number of nitrogens with one attached hydrogen (secondary N) is 2. The maximum absolute atomic E-state index is 13.1. The number of rotatable bonds is 4. The Bertz CT molecular complexity index is 806. The van der Waals surface area contributed by atoms with Gasteiger partial charge in [-0.3, -0.25) is 4.79 Å². The topological polar surface area (TPSA) is 44.9 Å². The van der Waals surface area contributed by atoms with Crippen molar-refractivity contribution >= 4 is 16.8 Å². The van der Waals surface area contributed by atoms with Gasteiger partial charge in [0.15, 0.2) is 0 Å². The number of H-pyrrole nitrogens is 1. The van der Waals surface area contributed by atoms with Crippen molar-refractivity contribution < 1.29 is 9.18 Å². The van der Waals surface area contributed by atoms with Crippen molar-refractivity contribution in [3.63, 3.8) is 0 Å². The van der Waals surface area contributed by atoms with Crippen molar-refractivity contribution in [1.29, 1.82) is 0 Å². The maximum atomic E-state index is 13.1. The summed E-state index contributed by atoms with van der Waals surface area (Å²) in [5.41, 5.74) is 3.98. The zero-order valence-corrected chi connectivity index (χ0v) is 12.3. The van der Waals surface area contributed by atoms with E-state index in [0.717, 1.165) is 27.7 Å². The summed E-state index contributed by atoms with van der Waals surface area (Å²) in [6, 6.07) is 14.4. The SMILES string of the molecule is CNC(=O)CCc1c(-c2ccc(F)cc2)[nH]c2ccccc12. The number of fused-ring (bicyclic) bond motifs is 1. The summed E-state index contributed by atoms with van der Waals surface area (Å²) in [6.07, 6.45) is 1.06. The second-order valence-electron chi connectivity index (χ2n) is 5.20. The van der Waals surface area contributed by atoms with Crippen LogP contribution in [0.1, 0.15) is 12.0 Å². The van der Waals surface area contributed by atoms with Crippen LogP contribution < -0.4 is 5.32 Å². The predicted molar refractivity (Wildman–Crippen MR) is 86.1 cm³/mol. The van der Waals surface area contributed by atoms with Crippen molar-refractivity contribution in [2.24, 2.45) is 0 Å². The molecular formula is C18H17FN2O. The highest BCUT2D eigenvalue weighted by Gasteiger charge is 2.14. The number of aryl methyl sites for hydroxylation is 1. The lowest BCUT2D eigenvalue weighted by atomic mass is 10.0. The van der Waals surface area contributed by atoms with E-state index in [-0.39, 0.29) is 11.7 Å². The minimum Gasteiger partial charge on any atom is -0.359 e. The summed E-state index contributed by atoms with van der Waals surface area (Å²) in [6.45, 7) is 0. The smallest absolute Gasteiger partial charge is 0.220 e. The van der Waals surface area contributed by atoms with Gasteiger partial charge in [-0.05, 0) is 47.9 Å². The van der Waals surface area contributed by atoms with Gasteiger partial charge in [0.2, 0.25) is 5.91 Å². The molecule has 0 saturated carbocycles. The van der Waals surface area contributed by atoms with Crippen molar-refractivity contribution in [1.82, 2.24) is 10.3 Å². The van der Waals surface area contributed by atoms with Crippen LogP contribution in [0.15, 0.2) is 48.5 Å². The van der Waals surface area contributed by atoms with E-state index in [0.29, 0.717) is 12.8 Å². The lowest BCUT2D eigenvalue weighted by Gasteiger charge is -2.05. The lowest BCUT2D eigenvalue weighted by molar-refractivity contribution is -0.120. The van der Waals surface area contributed by atoms with Gasteiger partial charge in [-0.25, -0.2) is 4.39 Å². The average Bonchev–Trinajstić information content (AvgIpc) is 2.92. The molecule has 2 aromatic carbocycles. The normalized spacial score (nSPS) is 10.8. The number of halogens is 1. The van der Waals surface area contributed by atoms with Gasteiger partial charge in [0.25, 0.3) is 0 Å². The quantitative estimate of drug-likeness (QED) is 0.758. The Morgan fingerprint density at radius 3 is 2.59 bits per heavy atom. The van der Waals surface area contributed by atoms with E-state index >= 15 is 0 Å². The Kier molecular flexibility index (Phi) is 3.92. The first-order valence-corrected chi connectivity index (χ1v) is 7.25. The van der Waals surface area contributed by atoms with E-state index in [9.17, 15) is 9.18 Å². The highest BCUT2D eigenvalue weighted by Crippen LogP contribution is 2.31. The monoisotopic (exact) mass is 296 g/mol. The molecule has 1 heterocycles. The van der Waals surface area contributed by atoms with Crippen molar-refractivity contribution in [3.05, 3.63) is 59.9 Å². The molecule has 4 heteroatoms. The van der Waals surface area contributed by atoms with E-state index in [1.165, 1.54) is 12.1 Å². The molecule has 0 aliphatic heterocycles. The number of benzene rings is 2. The first-order valence-electron chi connectivity index (χ1n) is 7.25. The zero-order valence-electron chi connectivity index (χ0n) is 12.3. The molecule has 0 aliphatic carbocycles. The maximum Gasteiger partial charge on any atom is 0.220 e. The summed E-state index contributed by atoms with van der Waals surface area (Å²) in [7, 11) is 1.64. The lowest BCUT2D eigenvalue weighted by Crippen LogP contribution is -2.18. The van der Waals surface area contributed by atoms with Crippen LogP contribution in [0.25, 0.3) is 22.2 Å². The van der Waals surface area contributed by atoms with E-state index in [1.807, 2.05) is 24.3 Å². The fraction of sp³-hybridized carbons (Fsp3) is 0.167. The summed E-state index contributed by atoms with van der Waals surface area (Å²) < 4.78 is 13.1. The summed E-state index contributed by atoms with van der Waals surface area (Å²) in [5.74, 6) is -0.248. The summed E-state index contributed by atoms with van der Waals surface area (Å²) in [4.78, 5) is 15.0. The Morgan fingerprint density at radius 2 is 1.86 bits per heavy atom. The minimum absolute atomic E-state index is 0.00957. The van der Waals surface area contributed by atoms with Crippen LogP contribution in [-0.4, -0.2) is 17.9 Å². The molecule has 1 aromatic heterocycles. The number of carbonyl (C=O) groups excluding carboxylic acids is 1. The van der Waals surface area contributed by atoms with E-state index in [2.05, 4.69) is 10.3 Å². The molecule has 22 heavy (non-hydrogen) atoms. The molecule has 0 atom stereocenters. The molecule has 0 spiro atoms. The van der Waals surface area contributed by atoms with E-state index < -0.39 is 0 Å². The standard InChI is InChI=1S/C18H17FN2O/c1-20-17(22)11-10-15-14-4-2-3-5-16(14)21-18(15)12-6-8-13(19)9-7-12/h2-9,21H,10-11H2,1H3,(H,20,22). The number of hydrogen-bond donors (Lipinski definition) is 2. The Morgan fingerprint density at radius 1 is 1.14 bits per heavy atom. The molecule has 3 nitrogen and oxygen atoms in total.